The van der Waals surface area contributed by atoms with Crippen LogP contribution in [0.1, 0.15) is 19.8 Å². The van der Waals surface area contributed by atoms with Gasteiger partial charge in [-0.3, -0.25) is 0 Å². The summed E-state index contributed by atoms with van der Waals surface area (Å²) in [5.41, 5.74) is 3.92. The minimum absolute atomic E-state index is 0.470. The maximum Gasteiger partial charge on any atom is 0.0304 e. The van der Waals surface area contributed by atoms with Crippen LogP contribution in [0.2, 0.25) is 0 Å². The highest BCUT2D eigenvalue weighted by molar-refractivity contribution is 5.00. The molecule has 2 heterocycles. The van der Waals surface area contributed by atoms with E-state index < -0.39 is 0 Å². The fourth-order valence-corrected chi connectivity index (χ4v) is 2.33. The van der Waals surface area contributed by atoms with E-state index in [4.69, 9.17) is 0 Å². The van der Waals surface area contributed by atoms with Crippen molar-refractivity contribution in [3.05, 3.63) is 0 Å². The second kappa shape index (κ2) is 1.50. The molecule has 9 heavy (non-hydrogen) atoms. The van der Waals surface area contributed by atoms with Gasteiger partial charge in [-0.1, -0.05) is 0 Å². The quantitative estimate of drug-likeness (QED) is 0.511. The smallest absolute Gasteiger partial charge is 0.0304 e. The van der Waals surface area contributed by atoms with Crippen LogP contribution >= 0.6 is 0 Å². The first kappa shape index (κ1) is 5.69. The van der Waals surface area contributed by atoms with Gasteiger partial charge in [0, 0.05) is 19.1 Å². The number of fused-ring (bicyclic) bond motifs is 2. The lowest BCUT2D eigenvalue weighted by molar-refractivity contribution is -0.0461. The van der Waals surface area contributed by atoms with Crippen molar-refractivity contribution in [3.63, 3.8) is 0 Å². The van der Waals surface area contributed by atoms with Crippen LogP contribution < -0.4 is 5.43 Å². The van der Waals surface area contributed by atoms with Crippen molar-refractivity contribution in [3.8, 4) is 0 Å². The summed E-state index contributed by atoms with van der Waals surface area (Å²) in [7, 11) is 2.13. The summed E-state index contributed by atoms with van der Waals surface area (Å²) in [5, 5.41) is 2.22. The number of nitrogens with zero attached hydrogens (tertiary/aromatic N) is 1. The Morgan fingerprint density at radius 1 is 1.56 bits per heavy atom. The molecule has 0 spiro atoms. The molecule has 1 aliphatic carbocycles. The van der Waals surface area contributed by atoms with Gasteiger partial charge in [-0.25, -0.2) is 10.4 Å². The van der Waals surface area contributed by atoms with Gasteiger partial charge in [0.1, 0.15) is 0 Å². The Morgan fingerprint density at radius 2 is 2.22 bits per heavy atom. The van der Waals surface area contributed by atoms with Crippen LogP contribution in [0.4, 0.5) is 0 Å². The molecule has 0 aromatic rings. The predicted molar refractivity (Wildman–Crippen MR) is 36.9 cm³/mol. The van der Waals surface area contributed by atoms with Gasteiger partial charge in [0.15, 0.2) is 0 Å². The number of rotatable bonds is 0. The van der Waals surface area contributed by atoms with Crippen molar-refractivity contribution >= 4 is 0 Å². The Balaban J connectivity index is 2.05. The molecule has 0 amide bonds. The van der Waals surface area contributed by atoms with E-state index in [0.29, 0.717) is 5.54 Å². The summed E-state index contributed by atoms with van der Waals surface area (Å²) in [5.74, 6) is 0.987. The zero-order valence-electron chi connectivity index (χ0n) is 6.15. The fraction of sp³-hybridized carbons (Fsp3) is 1.00. The average Bonchev–Trinajstić information content (AvgIpc) is 1.58. The second-order valence-electron chi connectivity index (χ2n) is 3.83. The van der Waals surface area contributed by atoms with E-state index in [0.717, 1.165) is 5.92 Å². The van der Waals surface area contributed by atoms with Crippen molar-refractivity contribution in [1.82, 2.24) is 10.4 Å². The summed E-state index contributed by atoms with van der Waals surface area (Å²) < 4.78 is 0. The lowest BCUT2D eigenvalue weighted by Crippen LogP contribution is -2.66. The molecule has 2 bridgehead atoms. The monoisotopic (exact) mass is 126 g/mol. The van der Waals surface area contributed by atoms with Crippen molar-refractivity contribution in [2.24, 2.45) is 5.92 Å². The third-order valence-electron chi connectivity index (χ3n) is 2.47. The molecular weight excluding hydrogens is 112 g/mol. The van der Waals surface area contributed by atoms with E-state index in [1.807, 2.05) is 0 Å². The van der Waals surface area contributed by atoms with Crippen LogP contribution in [0.25, 0.3) is 0 Å². The van der Waals surface area contributed by atoms with Crippen LogP contribution in [0, 0.1) is 5.92 Å². The molecule has 0 aromatic heterocycles. The first-order chi connectivity index (χ1) is 4.18. The average molecular weight is 126 g/mol. The molecule has 1 saturated carbocycles. The van der Waals surface area contributed by atoms with E-state index in [9.17, 15) is 0 Å². The Morgan fingerprint density at radius 3 is 2.56 bits per heavy atom. The first-order valence-electron chi connectivity index (χ1n) is 3.67. The zero-order valence-corrected chi connectivity index (χ0v) is 6.15. The molecule has 0 atom stereocenters. The predicted octanol–water partition coefficient (Wildman–Crippen LogP) is 0.605. The minimum Gasteiger partial charge on any atom is -0.250 e. The second-order valence-corrected chi connectivity index (χ2v) is 3.83. The molecule has 3 rings (SSSR count). The summed E-state index contributed by atoms with van der Waals surface area (Å²) in [4.78, 5) is 0. The van der Waals surface area contributed by atoms with Crippen LogP contribution in [-0.4, -0.2) is 24.1 Å². The lowest BCUT2D eigenvalue weighted by atomic mass is 9.68. The van der Waals surface area contributed by atoms with Gasteiger partial charge < -0.3 is 0 Å². The van der Waals surface area contributed by atoms with Crippen molar-refractivity contribution in [2.45, 2.75) is 25.3 Å². The van der Waals surface area contributed by atoms with Crippen molar-refractivity contribution in [2.75, 3.05) is 13.6 Å². The molecule has 0 aromatic carbocycles. The molecule has 0 radical (unpaired) electrons. The Bertz CT molecular complexity index is 124. The summed E-state index contributed by atoms with van der Waals surface area (Å²) in [6.45, 7) is 3.55. The molecule has 52 valence electrons. The number of hydrogen-bond acceptors (Lipinski definition) is 2. The van der Waals surface area contributed by atoms with Crippen LogP contribution in [0.15, 0.2) is 0 Å². The first-order valence-corrected chi connectivity index (χ1v) is 3.67. The highest BCUT2D eigenvalue weighted by Crippen LogP contribution is 2.40. The maximum absolute atomic E-state index is 3.45. The third-order valence-corrected chi connectivity index (χ3v) is 2.47. The molecule has 2 saturated heterocycles. The molecule has 2 nitrogen and oxygen atoms in total. The third kappa shape index (κ3) is 0.775. The summed E-state index contributed by atoms with van der Waals surface area (Å²) in [6.07, 6.45) is 2.77. The zero-order chi connectivity index (χ0) is 6.48. The van der Waals surface area contributed by atoms with Crippen LogP contribution in [0.3, 0.4) is 0 Å². The largest absolute Gasteiger partial charge is 0.250 e. The Labute approximate surface area is 56.2 Å². The topological polar surface area (TPSA) is 15.3 Å². The molecule has 1 N–H and O–H groups in total. The normalized spacial score (nSPS) is 50.7. The van der Waals surface area contributed by atoms with Gasteiger partial charge in [0.25, 0.3) is 0 Å². The van der Waals surface area contributed by atoms with E-state index in [1.165, 1.54) is 19.4 Å². The van der Waals surface area contributed by atoms with Crippen molar-refractivity contribution < 1.29 is 0 Å². The number of hydrazine groups is 1. The summed E-state index contributed by atoms with van der Waals surface area (Å²) >= 11 is 0. The van der Waals surface area contributed by atoms with Gasteiger partial charge in [-0.2, -0.15) is 0 Å². The van der Waals surface area contributed by atoms with Gasteiger partial charge in [0.2, 0.25) is 0 Å². The van der Waals surface area contributed by atoms with Crippen molar-refractivity contribution in [1.29, 1.82) is 0 Å². The van der Waals surface area contributed by atoms with E-state index in [1.54, 1.807) is 0 Å². The highest BCUT2D eigenvalue weighted by atomic mass is 15.5. The molecule has 2 aliphatic heterocycles. The number of nitrogens with one attached hydrogen (secondary N) is 1. The molecule has 0 unspecified atom stereocenters. The standard InChI is InChI=1S/C7H14N2/c1-7-3-6(4-7)5-9(2)8-7/h6,8H,3-5H2,1-2H3. The number of hydrogen-bond donors (Lipinski definition) is 1. The van der Waals surface area contributed by atoms with E-state index in [2.05, 4.69) is 24.4 Å². The van der Waals surface area contributed by atoms with Gasteiger partial charge in [0.05, 0.1) is 0 Å². The molecule has 2 heteroatoms. The van der Waals surface area contributed by atoms with Gasteiger partial charge >= 0.3 is 0 Å². The van der Waals surface area contributed by atoms with Gasteiger partial charge in [-0.05, 0) is 25.7 Å². The Kier molecular flexibility index (Phi) is 0.945. The van der Waals surface area contributed by atoms with E-state index in [-0.39, 0.29) is 0 Å². The van der Waals surface area contributed by atoms with Crippen LogP contribution in [0.5, 0.6) is 0 Å². The molecule has 3 aliphatic rings. The van der Waals surface area contributed by atoms with Crippen LogP contribution in [-0.2, 0) is 0 Å². The minimum atomic E-state index is 0.470. The van der Waals surface area contributed by atoms with E-state index >= 15 is 0 Å². The van der Waals surface area contributed by atoms with Gasteiger partial charge in [-0.15, -0.1) is 0 Å². The highest BCUT2D eigenvalue weighted by Gasteiger charge is 2.45. The maximum atomic E-state index is 3.45. The molecular formula is C7H14N2. The molecule has 3 fully saturated rings. The summed E-state index contributed by atoms with van der Waals surface area (Å²) in [6, 6.07) is 0. The SMILES string of the molecule is CN1CC2CC(C)(C2)N1. The Hall–Kier alpha value is -0.0800. The fourth-order valence-electron chi connectivity index (χ4n) is 2.33. The lowest BCUT2D eigenvalue weighted by Gasteiger charge is -2.54.